The van der Waals surface area contributed by atoms with E-state index in [-0.39, 0.29) is 5.28 Å². The Morgan fingerprint density at radius 3 is 2.69 bits per heavy atom. The Hall–Kier alpha value is -0.550. The molecule has 1 heterocycles. The lowest BCUT2D eigenvalue weighted by molar-refractivity contribution is 0.307. The summed E-state index contributed by atoms with van der Waals surface area (Å²) in [5.41, 5.74) is 0. The maximum atomic E-state index is 5.67. The molecule has 6 heteroatoms. The van der Waals surface area contributed by atoms with Crippen LogP contribution in [-0.2, 0) is 0 Å². The summed E-state index contributed by atoms with van der Waals surface area (Å²) in [6.07, 6.45) is 0. The fourth-order valence-corrected chi connectivity index (χ4v) is 1.46. The molecule has 0 N–H and O–H groups in total. The van der Waals surface area contributed by atoms with E-state index in [2.05, 4.69) is 15.0 Å². The van der Waals surface area contributed by atoms with Gasteiger partial charge in [0.1, 0.15) is 0 Å². The highest BCUT2D eigenvalue weighted by atomic mass is 35.5. The maximum Gasteiger partial charge on any atom is 0.321 e. The Balaban J connectivity index is 2.83. The van der Waals surface area contributed by atoms with Gasteiger partial charge in [0, 0.05) is 0 Å². The molecule has 1 aromatic heterocycles. The number of hydrogen-bond donors (Lipinski definition) is 0. The number of aromatic nitrogens is 3. The van der Waals surface area contributed by atoms with E-state index in [4.69, 9.17) is 16.3 Å². The highest BCUT2D eigenvalue weighted by molar-refractivity contribution is 7.99. The summed E-state index contributed by atoms with van der Waals surface area (Å²) in [6.45, 7) is 4.41. The van der Waals surface area contributed by atoms with Crippen LogP contribution in [0.3, 0.4) is 0 Å². The molecular weight excluding hydrogens is 210 g/mol. The van der Waals surface area contributed by atoms with Crippen molar-refractivity contribution in [1.29, 1.82) is 0 Å². The number of nitrogens with zero attached hydrogens (tertiary/aromatic N) is 3. The molecule has 0 spiro atoms. The minimum Gasteiger partial charge on any atom is -0.464 e. The second kappa shape index (κ2) is 5.24. The van der Waals surface area contributed by atoms with Gasteiger partial charge < -0.3 is 4.74 Å². The monoisotopic (exact) mass is 219 g/mol. The maximum absolute atomic E-state index is 5.67. The number of hydrogen-bond acceptors (Lipinski definition) is 5. The van der Waals surface area contributed by atoms with Crippen molar-refractivity contribution in [2.45, 2.75) is 19.0 Å². The molecule has 0 saturated heterocycles. The smallest absolute Gasteiger partial charge is 0.321 e. The average Bonchev–Trinajstić information content (AvgIpc) is 2.04. The molecule has 0 aromatic carbocycles. The van der Waals surface area contributed by atoms with Crippen LogP contribution in [0.1, 0.15) is 13.8 Å². The summed E-state index contributed by atoms with van der Waals surface area (Å²) in [7, 11) is 0. The van der Waals surface area contributed by atoms with E-state index in [1.54, 1.807) is 0 Å². The van der Waals surface area contributed by atoms with E-state index in [0.717, 1.165) is 5.75 Å². The molecule has 4 nitrogen and oxygen atoms in total. The van der Waals surface area contributed by atoms with Crippen LogP contribution in [0.15, 0.2) is 5.16 Å². The topological polar surface area (TPSA) is 47.9 Å². The van der Waals surface area contributed by atoms with Crippen LogP contribution in [0.25, 0.3) is 0 Å². The molecule has 0 radical (unpaired) electrons. The minimum absolute atomic E-state index is 0.175. The van der Waals surface area contributed by atoms with E-state index >= 15 is 0 Å². The van der Waals surface area contributed by atoms with E-state index in [1.807, 2.05) is 13.8 Å². The van der Waals surface area contributed by atoms with Gasteiger partial charge in [-0.2, -0.15) is 15.0 Å². The molecule has 0 fully saturated rings. The van der Waals surface area contributed by atoms with Crippen LogP contribution >= 0.6 is 23.4 Å². The van der Waals surface area contributed by atoms with Crippen molar-refractivity contribution in [3.05, 3.63) is 5.28 Å². The molecule has 0 aliphatic heterocycles. The summed E-state index contributed by atoms with van der Waals surface area (Å²) in [5.74, 6) is 0.895. The molecule has 0 saturated carbocycles. The first kappa shape index (κ1) is 10.5. The summed E-state index contributed by atoms with van der Waals surface area (Å²) in [6, 6.07) is 0.290. The van der Waals surface area contributed by atoms with Gasteiger partial charge in [0.2, 0.25) is 5.28 Å². The Morgan fingerprint density at radius 2 is 2.08 bits per heavy atom. The first-order valence-electron chi connectivity index (χ1n) is 3.93. The summed E-state index contributed by atoms with van der Waals surface area (Å²) < 4.78 is 5.11. The van der Waals surface area contributed by atoms with E-state index in [9.17, 15) is 0 Å². The molecule has 0 aliphatic carbocycles. The van der Waals surface area contributed by atoms with E-state index < -0.39 is 0 Å². The quantitative estimate of drug-likeness (QED) is 0.726. The van der Waals surface area contributed by atoms with Crippen LogP contribution in [0.4, 0.5) is 0 Å². The second-order valence-electron chi connectivity index (χ2n) is 2.04. The zero-order valence-corrected chi connectivity index (χ0v) is 9.02. The lowest BCUT2D eigenvalue weighted by atomic mass is 10.9. The van der Waals surface area contributed by atoms with Crippen LogP contribution in [0, 0.1) is 0 Å². The van der Waals surface area contributed by atoms with Gasteiger partial charge in [-0.3, -0.25) is 0 Å². The van der Waals surface area contributed by atoms with Gasteiger partial charge in [-0.15, -0.1) is 0 Å². The van der Waals surface area contributed by atoms with Gasteiger partial charge in [-0.05, 0) is 24.3 Å². The number of rotatable bonds is 4. The predicted octanol–water partition coefficient (Wildman–Crippen LogP) is 2.04. The summed E-state index contributed by atoms with van der Waals surface area (Å²) in [4.78, 5) is 11.8. The van der Waals surface area contributed by atoms with Crippen molar-refractivity contribution < 1.29 is 4.74 Å². The molecule has 0 atom stereocenters. The third kappa shape index (κ3) is 3.36. The first-order chi connectivity index (χ1) is 6.26. The SMILES string of the molecule is CCOc1nc(Cl)nc(SCC)n1. The molecule has 1 aromatic rings. The Kier molecular flexibility index (Phi) is 4.24. The Labute approximate surface area is 86.1 Å². The fourth-order valence-electron chi connectivity index (χ4n) is 0.702. The van der Waals surface area contributed by atoms with Crippen molar-refractivity contribution in [1.82, 2.24) is 15.0 Å². The Morgan fingerprint density at radius 1 is 1.31 bits per heavy atom. The number of halogens is 1. The van der Waals surface area contributed by atoms with Crippen molar-refractivity contribution in [3.63, 3.8) is 0 Å². The van der Waals surface area contributed by atoms with Crippen molar-refractivity contribution in [3.8, 4) is 6.01 Å². The van der Waals surface area contributed by atoms with E-state index in [1.165, 1.54) is 11.8 Å². The van der Waals surface area contributed by atoms with Crippen LogP contribution in [-0.4, -0.2) is 27.3 Å². The molecule has 0 amide bonds. The number of thioether (sulfide) groups is 1. The van der Waals surface area contributed by atoms with Gasteiger partial charge in [0.25, 0.3) is 0 Å². The van der Waals surface area contributed by atoms with Gasteiger partial charge in [-0.1, -0.05) is 18.7 Å². The fraction of sp³-hybridized carbons (Fsp3) is 0.571. The lowest BCUT2D eigenvalue weighted by Crippen LogP contribution is -2.00. The predicted molar refractivity (Wildman–Crippen MR) is 52.4 cm³/mol. The normalized spacial score (nSPS) is 10.1. The van der Waals surface area contributed by atoms with Crippen molar-refractivity contribution in [2.24, 2.45) is 0 Å². The standard InChI is InChI=1S/C7H10ClN3OS/c1-3-12-6-9-5(8)10-7(11-6)13-4-2/h3-4H2,1-2H3. The molecule has 72 valence electrons. The highest BCUT2D eigenvalue weighted by Crippen LogP contribution is 2.16. The zero-order chi connectivity index (χ0) is 9.68. The largest absolute Gasteiger partial charge is 0.464 e. The van der Waals surface area contributed by atoms with Crippen molar-refractivity contribution >= 4 is 23.4 Å². The third-order valence-electron chi connectivity index (χ3n) is 1.11. The van der Waals surface area contributed by atoms with E-state index in [0.29, 0.717) is 17.8 Å². The lowest BCUT2D eigenvalue weighted by Gasteiger charge is -2.02. The molecule has 0 unspecified atom stereocenters. The molecule has 0 aliphatic rings. The highest BCUT2D eigenvalue weighted by Gasteiger charge is 2.04. The molecule has 0 bridgehead atoms. The molecule has 13 heavy (non-hydrogen) atoms. The average molecular weight is 220 g/mol. The van der Waals surface area contributed by atoms with Crippen LogP contribution < -0.4 is 4.74 Å². The summed E-state index contributed by atoms with van der Waals surface area (Å²) >= 11 is 7.17. The van der Waals surface area contributed by atoms with Crippen LogP contribution in [0.2, 0.25) is 5.28 Å². The van der Waals surface area contributed by atoms with Crippen LogP contribution in [0.5, 0.6) is 6.01 Å². The van der Waals surface area contributed by atoms with Gasteiger partial charge in [0.05, 0.1) is 6.61 Å². The zero-order valence-electron chi connectivity index (χ0n) is 7.45. The van der Waals surface area contributed by atoms with Gasteiger partial charge in [-0.25, -0.2) is 0 Å². The number of ether oxygens (including phenoxy) is 1. The first-order valence-corrected chi connectivity index (χ1v) is 5.29. The summed E-state index contributed by atoms with van der Waals surface area (Å²) in [5, 5.41) is 0.778. The minimum atomic E-state index is 0.175. The third-order valence-corrected chi connectivity index (χ3v) is 2.01. The van der Waals surface area contributed by atoms with Gasteiger partial charge >= 0.3 is 6.01 Å². The van der Waals surface area contributed by atoms with Gasteiger partial charge in [0.15, 0.2) is 5.16 Å². The molecular formula is C7H10ClN3OS. The molecule has 1 rings (SSSR count). The second-order valence-corrected chi connectivity index (χ2v) is 3.60. The van der Waals surface area contributed by atoms with Crippen molar-refractivity contribution in [2.75, 3.05) is 12.4 Å². The Bertz CT molecular complexity index is 260.